The van der Waals surface area contributed by atoms with Crippen molar-refractivity contribution in [2.45, 2.75) is 6.92 Å². The monoisotopic (exact) mass is 373 g/mol. The van der Waals surface area contributed by atoms with Crippen molar-refractivity contribution in [1.29, 1.82) is 0 Å². The van der Waals surface area contributed by atoms with Gasteiger partial charge in [0.15, 0.2) is 0 Å². The number of benzene rings is 2. The third-order valence-corrected chi connectivity index (χ3v) is 3.97. The molecule has 0 spiro atoms. The summed E-state index contributed by atoms with van der Waals surface area (Å²) < 4.78 is 13.8. The number of aryl methyl sites for hydroxylation is 1. The van der Waals surface area contributed by atoms with Gasteiger partial charge < -0.3 is 10.6 Å². The average Bonchev–Trinajstić information content (AvgIpc) is 2.60. The van der Waals surface area contributed by atoms with Gasteiger partial charge in [-0.25, -0.2) is 14.4 Å². The van der Waals surface area contributed by atoms with Crippen molar-refractivity contribution in [2.75, 3.05) is 10.6 Å². The summed E-state index contributed by atoms with van der Waals surface area (Å²) in [5.41, 5.74) is 1.06. The molecule has 0 bridgehead atoms. The molecule has 26 heavy (non-hydrogen) atoms. The molecule has 0 fully saturated rings. The first-order chi connectivity index (χ1) is 12.5. The minimum atomic E-state index is -0.638. The second kappa shape index (κ2) is 7.32. The van der Waals surface area contributed by atoms with Crippen molar-refractivity contribution in [3.8, 4) is 0 Å². The topological polar surface area (TPSA) is 93.0 Å². The average molecular weight is 374 g/mol. The number of para-hydroxylation sites is 1. The molecule has 0 amide bonds. The second-order valence-electron chi connectivity index (χ2n) is 5.37. The lowest BCUT2D eigenvalue weighted by atomic mass is 10.2. The summed E-state index contributed by atoms with van der Waals surface area (Å²) in [7, 11) is 0. The molecule has 3 rings (SSSR count). The third-order valence-electron chi connectivity index (χ3n) is 3.57. The Bertz CT molecular complexity index is 983. The molecule has 9 heteroatoms. The molecule has 7 nitrogen and oxygen atoms in total. The smallest absolute Gasteiger partial charge is 0.334 e. The molecule has 1 aromatic heterocycles. The number of rotatable bonds is 5. The van der Waals surface area contributed by atoms with E-state index in [1.807, 2.05) is 6.92 Å². The zero-order chi connectivity index (χ0) is 18.7. The van der Waals surface area contributed by atoms with E-state index < -0.39 is 16.4 Å². The molecule has 2 N–H and O–H groups in total. The highest BCUT2D eigenvalue weighted by Gasteiger charge is 2.24. The predicted octanol–water partition coefficient (Wildman–Crippen LogP) is 4.97. The largest absolute Gasteiger partial charge is 0.353 e. The number of aromatic nitrogens is 2. The van der Waals surface area contributed by atoms with E-state index in [9.17, 15) is 14.5 Å². The van der Waals surface area contributed by atoms with Crippen LogP contribution >= 0.6 is 11.6 Å². The molecule has 0 saturated carbocycles. The number of nitrogens with zero attached hydrogens (tertiary/aromatic N) is 3. The first-order valence-electron chi connectivity index (χ1n) is 7.50. The lowest BCUT2D eigenvalue weighted by Crippen LogP contribution is -2.06. The summed E-state index contributed by atoms with van der Waals surface area (Å²) in [6.45, 7) is 1.84. The first-order valence-corrected chi connectivity index (χ1v) is 7.87. The molecular weight excluding hydrogens is 361 g/mol. The van der Waals surface area contributed by atoms with E-state index in [-0.39, 0.29) is 17.3 Å². The van der Waals surface area contributed by atoms with Crippen molar-refractivity contribution in [3.63, 3.8) is 0 Å². The summed E-state index contributed by atoms with van der Waals surface area (Å²) in [5, 5.41) is 17.6. The summed E-state index contributed by atoms with van der Waals surface area (Å²) >= 11 is 6.08. The SMILES string of the molecule is Cc1ccc(Nc2ncnc(Nc3ccccc3F)c2[N+](=O)[O-])cc1Cl. The van der Waals surface area contributed by atoms with Crippen molar-refractivity contribution < 1.29 is 9.31 Å². The Morgan fingerprint density at radius 2 is 1.81 bits per heavy atom. The molecule has 2 aromatic carbocycles. The van der Waals surface area contributed by atoms with Crippen LogP contribution in [0.4, 0.5) is 33.1 Å². The fraction of sp³-hybridized carbons (Fsp3) is 0.0588. The minimum absolute atomic E-state index is 0.0382. The van der Waals surface area contributed by atoms with Gasteiger partial charge in [-0.05, 0) is 36.8 Å². The van der Waals surface area contributed by atoms with Crippen LogP contribution in [0.25, 0.3) is 0 Å². The highest BCUT2D eigenvalue weighted by molar-refractivity contribution is 6.31. The molecule has 132 valence electrons. The van der Waals surface area contributed by atoms with E-state index in [4.69, 9.17) is 11.6 Å². The Hall–Kier alpha value is -3.26. The second-order valence-corrected chi connectivity index (χ2v) is 5.78. The summed E-state index contributed by atoms with van der Waals surface area (Å²) in [6, 6.07) is 10.9. The Kier molecular flexibility index (Phi) is 4.94. The predicted molar refractivity (Wildman–Crippen MR) is 97.8 cm³/mol. The molecule has 0 aliphatic carbocycles. The molecule has 3 aromatic rings. The van der Waals surface area contributed by atoms with Gasteiger partial charge in [0.2, 0.25) is 11.6 Å². The quantitative estimate of drug-likeness (QED) is 0.484. The van der Waals surface area contributed by atoms with Crippen LogP contribution in [-0.2, 0) is 0 Å². The van der Waals surface area contributed by atoms with E-state index in [0.717, 1.165) is 11.9 Å². The fourth-order valence-electron chi connectivity index (χ4n) is 2.23. The van der Waals surface area contributed by atoms with E-state index in [1.54, 1.807) is 24.3 Å². The summed E-state index contributed by atoms with van der Waals surface area (Å²) in [4.78, 5) is 18.7. The lowest BCUT2D eigenvalue weighted by molar-refractivity contribution is -0.383. The van der Waals surface area contributed by atoms with Crippen molar-refractivity contribution in [2.24, 2.45) is 0 Å². The number of halogens is 2. The Morgan fingerprint density at radius 1 is 1.12 bits per heavy atom. The van der Waals surface area contributed by atoms with Crippen LogP contribution in [0.2, 0.25) is 5.02 Å². The highest BCUT2D eigenvalue weighted by atomic mass is 35.5. The number of anilines is 4. The van der Waals surface area contributed by atoms with E-state index in [2.05, 4.69) is 20.6 Å². The maximum Gasteiger partial charge on any atom is 0.353 e. The van der Waals surface area contributed by atoms with Crippen LogP contribution in [0.15, 0.2) is 48.8 Å². The standard InChI is InChI=1S/C17H13ClFN5O2/c1-10-6-7-11(8-12(10)18)22-16-15(24(25)26)17(21-9-20-16)23-14-5-3-2-4-13(14)19/h2-9H,1H3,(H2,20,21,22,23). The van der Waals surface area contributed by atoms with E-state index in [0.29, 0.717) is 10.7 Å². The van der Waals surface area contributed by atoms with Crippen LogP contribution in [0.1, 0.15) is 5.56 Å². The molecule has 0 atom stereocenters. The molecule has 1 heterocycles. The normalized spacial score (nSPS) is 10.4. The third kappa shape index (κ3) is 3.70. The van der Waals surface area contributed by atoms with Crippen LogP contribution in [0.3, 0.4) is 0 Å². The molecular formula is C17H13ClFN5O2. The van der Waals surface area contributed by atoms with Gasteiger partial charge in [-0.2, -0.15) is 0 Å². The van der Waals surface area contributed by atoms with Crippen molar-refractivity contribution in [3.05, 3.63) is 75.3 Å². The Morgan fingerprint density at radius 3 is 2.46 bits per heavy atom. The number of nitrogens with one attached hydrogen (secondary N) is 2. The maximum atomic E-state index is 13.8. The zero-order valence-electron chi connectivity index (χ0n) is 13.5. The van der Waals surface area contributed by atoms with Crippen LogP contribution in [0, 0.1) is 22.9 Å². The minimum Gasteiger partial charge on any atom is -0.334 e. The summed E-state index contributed by atoms with van der Waals surface area (Å²) in [6.07, 6.45) is 1.15. The molecule has 0 aliphatic heterocycles. The fourth-order valence-corrected chi connectivity index (χ4v) is 2.41. The van der Waals surface area contributed by atoms with Gasteiger partial charge >= 0.3 is 5.69 Å². The molecule has 0 radical (unpaired) electrons. The van der Waals surface area contributed by atoms with Crippen molar-refractivity contribution >= 4 is 40.3 Å². The number of hydrogen-bond acceptors (Lipinski definition) is 6. The summed E-state index contributed by atoms with van der Waals surface area (Å²) in [5.74, 6) is -0.722. The van der Waals surface area contributed by atoms with Crippen LogP contribution in [-0.4, -0.2) is 14.9 Å². The van der Waals surface area contributed by atoms with Crippen LogP contribution in [0.5, 0.6) is 0 Å². The first kappa shape index (κ1) is 17.6. The number of hydrogen-bond donors (Lipinski definition) is 2. The maximum absolute atomic E-state index is 13.8. The van der Waals surface area contributed by atoms with Crippen molar-refractivity contribution in [1.82, 2.24) is 9.97 Å². The highest BCUT2D eigenvalue weighted by Crippen LogP contribution is 2.34. The van der Waals surface area contributed by atoms with Crippen LogP contribution < -0.4 is 10.6 Å². The molecule has 0 aliphatic rings. The van der Waals surface area contributed by atoms with Gasteiger partial charge in [0, 0.05) is 10.7 Å². The van der Waals surface area contributed by atoms with Gasteiger partial charge in [0.1, 0.15) is 12.1 Å². The van der Waals surface area contributed by atoms with Gasteiger partial charge in [-0.15, -0.1) is 0 Å². The number of nitro groups is 1. The lowest BCUT2D eigenvalue weighted by Gasteiger charge is -2.11. The zero-order valence-corrected chi connectivity index (χ0v) is 14.3. The van der Waals surface area contributed by atoms with E-state index in [1.165, 1.54) is 18.2 Å². The molecule has 0 unspecified atom stereocenters. The van der Waals surface area contributed by atoms with Gasteiger partial charge in [-0.3, -0.25) is 10.1 Å². The molecule has 0 saturated heterocycles. The van der Waals surface area contributed by atoms with E-state index >= 15 is 0 Å². The Labute approximate surface area is 153 Å². The Balaban J connectivity index is 1.99. The van der Waals surface area contributed by atoms with Gasteiger partial charge in [0.25, 0.3) is 0 Å². The van der Waals surface area contributed by atoms with Gasteiger partial charge in [-0.1, -0.05) is 29.8 Å². The van der Waals surface area contributed by atoms with Gasteiger partial charge in [0.05, 0.1) is 10.6 Å².